The lowest BCUT2D eigenvalue weighted by atomic mass is 10.1. The van der Waals surface area contributed by atoms with E-state index in [0.29, 0.717) is 37.1 Å². The minimum Gasteiger partial charge on any atom is -0.427 e. The minimum atomic E-state index is -0.671. The number of benzene rings is 1. The van der Waals surface area contributed by atoms with Crippen molar-refractivity contribution in [3.05, 3.63) is 69.4 Å². The van der Waals surface area contributed by atoms with Gasteiger partial charge in [-0.25, -0.2) is 4.79 Å². The Hall–Kier alpha value is -3.35. The summed E-state index contributed by atoms with van der Waals surface area (Å²) in [6.45, 7) is 2.30. The number of amides is 2. The minimum absolute atomic E-state index is 0.0387. The Morgan fingerprint density at radius 3 is 2.79 bits per heavy atom. The fourth-order valence-corrected chi connectivity index (χ4v) is 3.85. The molecule has 0 aliphatic carbocycles. The van der Waals surface area contributed by atoms with Gasteiger partial charge in [0.1, 0.15) is 17.4 Å². The van der Waals surface area contributed by atoms with Gasteiger partial charge in [0.15, 0.2) is 0 Å². The van der Waals surface area contributed by atoms with Crippen LogP contribution in [-0.2, 0) is 17.6 Å². The monoisotopic (exact) mass is 393 g/mol. The Labute approximate surface area is 167 Å². The van der Waals surface area contributed by atoms with Crippen LogP contribution >= 0.6 is 0 Å². The van der Waals surface area contributed by atoms with E-state index in [1.165, 1.54) is 0 Å². The molecule has 29 heavy (non-hydrogen) atoms. The third kappa shape index (κ3) is 3.68. The molecular formula is C22H23N3O4. The van der Waals surface area contributed by atoms with Gasteiger partial charge in [-0.3, -0.25) is 9.59 Å². The molecule has 0 saturated carbocycles. The molecule has 3 heterocycles. The van der Waals surface area contributed by atoms with Crippen LogP contribution in [0.1, 0.15) is 33.7 Å². The van der Waals surface area contributed by atoms with Gasteiger partial charge in [0.2, 0.25) is 5.91 Å². The molecule has 7 nitrogen and oxygen atoms in total. The summed E-state index contributed by atoms with van der Waals surface area (Å²) in [4.78, 5) is 41.8. The van der Waals surface area contributed by atoms with E-state index in [0.717, 1.165) is 16.5 Å². The largest absolute Gasteiger partial charge is 0.427 e. The first-order chi connectivity index (χ1) is 13.9. The van der Waals surface area contributed by atoms with E-state index in [1.54, 1.807) is 24.9 Å². The van der Waals surface area contributed by atoms with Crippen LogP contribution in [-0.4, -0.2) is 41.3 Å². The number of aromatic amines is 1. The lowest BCUT2D eigenvalue weighted by molar-refractivity contribution is -0.128. The molecule has 1 unspecified atom stereocenters. The number of likely N-dealkylation sites (tertiary alicyclic amines) is 1. The molecule has 1 saturated heterocycles. The van der Waals surface area contributed by atoms with Crippen molar-refractivity contribution in [2.45, 2.75) is 32.2 Å². The number of likely N-dealkylation sites (N-methyl/N-ethyl adjacent to an activating group) is 1. The van der Waals surface area contributed by atoms with Crippen LogP contribution in [0.2, 0.25) is 0 Å². The Kier molecular flexibility index (Phi) is 4.96. The highest BCUT2D eigenvalue weighted by molar-refractivity contribution is 5.98. The predicted molar refractivity (Wildman–Crippen MR) is 109 cm³/mol. The molecule has 150 valence electrons. The lowest BCUT2D eigenvalue weighted by Gasteiger charge is -2.13. The molecule has 1 aliphatic rings. The Balaban J connectivity index is 1.49. The molecule has 0 bridgehead atoms. The van der Waals surface area contributed by atoms with Crippen molar-refractivity contribution in [3.63, 3.8) is 0 Å². The highest BCUT2D eigenvalue weighted by Gasteiger charge is 2.31. The van der Waals surface area contributed by atoms with Gasteiger partial charge < -0.3 is 19.6 Å². The number of H-pyrrole nitrogens is 1. The van der Waals surface area contributed by atoms with Crippen LogP contribution in [0, 0.1) is 6.92 Å². The Morgan fingerprint density at radius 2 is 2.07 bits per heavy atom. The number of aromatic nitrogens is 1. The second-order valence-corrected chi connectivity index (χ2v) is 7.49. The van der Waals surface area contributed by atoms with Crippen molar-refractivity contribution in [1.29, 1.82) is 0 Å². The number of hydrogen-bond donors (Lipinski definition) is 2. The summed E-state index contributed by atoms with van der Waals surface area (Å²) in [5.74, 6) is -0.171. The molecule has 4 rings (SSSR count). The van der Waals surface area contributed by atoms with Gasteiger partial charge in [-0.05, 0) is 43.0 Å². The fraction of sp³-hybridized carbons (Fsp3) is 0.318. The zero-order chi connectivity index (χ0) is 20.5. The van der Waals surface area contributed by atoms with E-state index in [1.807, 2.05) is 24.4 Å². The molecule has 2 amide bonds. The first kappa shape index (κ1) is 19.0. The summed E-state index contributed by atoms with van der Waals surface area (Å²) in [6.07, 6.45) is 3.76. The standard InChI is InChI=1S/C22H23N3O4/c1-13-11-15(8-7-14-12-23-17-6-4-3-5-16(14)17)29-22(28)19(13)20(26)24-18-9-10-25(2)21(18)27/h3-6,11-12,18,23H,7-10H2,1-2H3,(H,24,26). The number of hydrogen-bond acceptors (Lipinski definition) is 4. The number of rotatable bonds is 5. The summed E-state index contributed by atoms with van der Waals surface area (Å²) in [5.41, 5.74) is 2.05. The molecule has 3 aromatic rings. The van der Waals surface area contributed by atoms with Crippen molar-refractivity contribution in [1.82, 2.24) is 15.2 Å². The van der Waals surface area contributed by atoms with Crippen LogP contribution in [0.4, 0.5) is 0 Å². The van der Waals surface area contributed by atoms with Crippen molar-refractivity contribution in [3.8, 4) is 0 Å². The molecule has 7 heteroatoms. The molecule has 1 aliphatic heterocycles. The predicted octanol–water partition coefficient (Wildman–Crippen LogP) is 2.18. The number of nitrogens with one attached hydrogen (secondary N) is 2. The van der Waals surface area contributed by atoms with Crippen LogP contribution in [0.3, 0.4) is 0 Å². The van der Waals surface area contributed by atoms with Crippen LogP contribution in [0.15, 0.2) is 45.7 Å². The van der Waals surface area contributed by atoms with Crippen LogP contribution in [0.25, 0.3) is 10.9 Å². The van der Waals surface area contributed by atoms with Crippen molar-refractivity contribution >= 4 is 22.7 Å². The van der Waals surface area contributed by atoms with Crippen molar-refractivity contribution in [2.75, 3.05) is 13.6 Å². The smallest absolute Gasteiger partial charge is 0.349 e. The zero-order valence-corrected chi connectivity index (χ0v) is 16.5. The third-order valence-electron chi connectivity index (χ3n) is 5.48. The number of fused-ring (bicyclic) bond motifs is 1. The van der Waals surface area contributed by atoms with E-state index in [9.17, 15) is 14.4 Å². The van der Waals surface area contributed by atoms with Crippen LogP contribution < -0.4 is 10.9 Å². The normalized spacial score (nSPS) is 16.6. The van der Waals surface area contributed by atoms with E-state index in [4.69, 9.17) is 4.42 Å². The quantitative estimate of drug-likeness (QED) is 0.695. The van der Waals surface area contributed by atoms with E-state index >= 15 is 0 Å². The molecule has 2 N–H and O–H groups in total. The first-order valence-corrected chi connectivity index (χ1v) is 9.68. The Morgan fingerprint density at radius 1 is 1.28 bits per heavy atom. The molecule has 1 aromatic carbocycles. The van der Waals surface area contributed by atoms with E-state index in [2.05, 4.69) is 16.4 Å². The third-order valence-corrected chi connectivity index (χ3v) is 5.48. The highest BCUT2D eigenvalue weighted by Crippen LogP contribution is 2.20. The first-order valence-electron chi connectivity index (χ1n) is 9.68. The fourth-order valence-electron chi connectivity index (χ4n) is 3.85. The zero-order valence-electron chi connectivity index (χ0n) is 16.5. The second-order valence-electron chi connectivity index (χ2n) is 7.49. The van der Waals surface area contributed by atoms with Gasteiger partial charge in [0, 0.05) is 37.1 Å². The number of nitrogens with zero attached hydrogens (tertiary/aromatic N) is 1. The number of para-hydroxylation sites is 1. The average Bonchev–Trinajstić information content (AvgIpc) is 3.24. The summed E-state index contributed by atoms with van der Waals surface area (Å²) < 4.78 is 5.41. The average molecular weight is 393 g/mol. The lowest BCUT2D eigenvalue weighted by Crippen LogP contribution is -2.42. The van der Waals surface area contributed by atoms with Crippen LogP contribution in [0.5, 0.6) is 0 Å². The van der Waals surface area contributed by atoms with Crippen molar-refractivity contribution < 1.29 is 14.0 Å². The van der Waals surface area contributed by atoms with Gasteiger partial charge in [-0.15, -0.1) is 0 Å². The molecule has 0 spiro atoms. The summed E-state index contributed by atoms with van der Waals surface area (Å²) in [7, 11) is 1.69. The maximum absolute atomic E-state index is 12.6. The SMILES string of the molecule is Cc1cc(CCc2c[nH]c3ccccc23)oc(=O)c1C(=O)NC1CCN(C)C1=O. The summed E-state index contributed by atoms with van der Waals surface area (Å²) in [6, 6.07) is 9.18. The van der Waals surface area contributed by atoms with Gasteiger partial charge in [0.25, 0.3) is 5.91 Å². The molecule has 1 atom stereocenters. The van der Waals surface area contributed by atoms with E-state index in [-0.39, 0.29) is 11.5 Å². The number of aryl methyl sites for hydroxylation is 3. The van der Waals surface area contributed by atoms with Gasteiger partial charge in [0.05, 0.1) is 0 Å². The van der Waals surface area contributed by atoms with Gasteiger partial charge >= 0.3 is 5.63 Å². The van der Waals surface area contributed by atoms with Gasteiger partial charge in [-0.1, -0.05) is 18.2 Å². The molecule has 0 radical (unpaired) electrons. The highest BCUT2D eigenvalue weighted by atomic mass is 16.4. The van der Waals surface area contributed by atoms with Crippen molar-refractivity contribution in [2.24, 2.45) is 0 Å². The second kappa shape index (κ2) is 7.58. The van der Waals surface area contributed by atoms with Gasteiger partial charge in [-0.2, -0.15) is 0 Å². The summed E-state index contributed by atoms with van der Waals surface area (Å²) >= 11 is 0. The number of carbonyl (C=O) groups excluding carboxylic acids is 2. The maximum atomic E-state index is 12.6. The maximum Gasteiger partial charge on any atom is 0.349 e. The topological polar surface area (TPSA) is 95.4 Å². The molecular weight excluding hydrogens is 370 g/mol. The summed E-state index contributed by atoms with van der Waals surface area (Å²) in [5, 5.41) is 3.80. The Bertz CT molecular complexity index is 1140. The van der Waals surface area contributed by atoms with E-state index < -0.39 is 17.6 Å². The molecule has 2 aromatic heterocycles. The number of carbonyl (C=O) groups is 2. The molecule has 1 fully saturated rings.